The molecule has 1 aliphatic rings. The molecular weight excluding hydrogens is 446 g/mol. The zero-order valence-corrected chi connectivity index (χ0v) is 20.1. The number of likely N-dealkylation sites (tertiary alicyclic amines) is 1. The first-order valence-corrected chi connectivity index (χ1v) is 13.0. The highest BCUT2D eigenvalue weighted by molar-refractivity contribution is 7.89. The number of ether oxygens (including phenoxy) is 1. The molecule has 6 nitrogen and oxygen atoms in total. The normalized spacial score (nSPS) is 16.3. The Kier molecular flexibility index (Phi) is 7.63. The standard InChI is InChI=1S/C27H29N3O3S/c1-21-3-13-27(14-4-21)34(31,32)29-25-15-17-30(20-25)16-2-18-33-26-11-9-24(10-12-26)23-7-5-22(19-28)6-8-23/h3-14,25,29H,2,15-18,20H2,1H3/t25-/m1/s1. The van der Waals surface area contributed by atoms with E-state index in [1.165, 1.54) is 0 Å². The van der Waals surface area contributed by atoms with Gasteiger partial charge in [0.25, 0.3) is 0 Å². The number of nitrogens with one attached hydrogen (secondary N) is 1. The lowest BCUT2D eigenvalue weighted by Gasteiger charge is -2.17. The average molecular weight is 476 g/mol. The van der Waals surface area contributed by atoms with E-state index in [9.17, 15) is 8.42 Å². The van der Waals surface area contributed by atoms with Crippen LogP contribution in [-0.2, 0) is 10.0 Å². The molecule has 1 aliphatic heterocycles. The van der Waals surface area contributed by atoms with Crippen molar-refractivity contribution < 1.29 is 13.2 Å². The molecule has 7 heteroatoms. The van der Waals surface area contributed by atoms with Gasteiger partial charge in [0, 0.05) is 19.1 Å². The van der Waals surface area contributed by atoms with Crippen LogP contribution in [0.3, 0.4) is 0 Å². The topological polar surface area (TPSA) is 82.4 Å². The minimum Gasteiger partial charge on any atom is -0.494 e. The summed E-state index contributed by atoms with van der Waals surface area (Å²) in [5, 5.41) is 8.92. The van der Waals surface area contributed by atoms with Crippen molar-refractivity contribution in [2.45, 2.75) is 30.7 Å². The number of benzene rings is 3. The predicted molar refractivity (Wildman–Crippen MR) is 133 cm³/mol. The van der Waals surface area contributed by atoms with E-state index in [2.05, 4.69) is 15.7 Å². The Hall–Kier alpha value is -3.18. The van der Waals surface area contributed by atoms with E-state index in [-0.39, 0.29) is 6.04 Å². The van der Waals surface area contributed by atoms with Crippen LogP contribution in [-0.4, -0.2) is 45.6 Å². The molecule has 0 radical (unpaired) electrons. The van der Waals surface area contributed by atoms with Gasteiger partial charge in [0.2, 0.25) is 10.0 Å². The molecule has 0 unspecified atom stereocenters. The van der Waals surface area contributed by atoms with Crippen LogP contribution in [0.2, 0.25) is 0 Å². The lowest BCUT2D eigenvalue weighted by Crippen LogP contribution is -2.37. The molecule has 4 rings (SSSR count). The number of nitriles is 1. The van der Waals surface area contributed by atoms with Crippen molar-refractivity contribution in [3.05, 3.63) is 83.9 Å². The minimum atomic E-state index is -3.49. The number of nitrogens with zero attached hydrogens (tertiary/aromatic N) is 2. The average Bonchev–Trinajstić information content (AvgIpc) is 3.29. The highest BCUT2D eigenvalue weighted by Gasteiger charge is 2.26. The van der Waals surface area contributed by atoms with E-state index in [0.29, 0.717) is 23.6 Å². The van der Waals surface area contributed by atoms with Gasteiger partial charge < -0.3 is 9.64 Å². The molecule has 3 aromatic rings. The highest BCUT2D eigenvalue weighted by atomic mass is 32.2. The van der Waals surface area contributed by atoms with Gasteiger partial charge in [-0.1, -0.05) is 42.0 Å². The van der Waals surface area contributed by atoms with E-state index >= 15 is 0 Å². The molecule has 176 valence electrons. The summed E-state index contributed by atoms with van der Waals surface area (Å²) in [6.45, 7) is 5.00. The zero-order chi connectivity index (χ0) is 24.0. The number of hydrogen-bond donors (Lipinski definition) is 1. The summed E-state index contributed by atoms with van der Waals surface area (Å²) < 4.78 is 33.9. The van der Waals surface area contributed by atoms with E-state index in [4.69, 9.17) is 10.00 Å². The first-order chi connectivity index (χ1) is 16.4. The Balaban J connectivity index is 1.19. The van der Waals surface area contributed by atoms with Crippen LogP contribution in [0.1, 0.15) is 24.0 Å². The van der Waals surface area contributed by atoms with Crippen LogP contribution in [0.5, 0.6) is 5.75 Å². The third kappa shape index (κ3) is 6.23. The SMILES string of the molecule is Cc1ccc(S(=O)(=O)N[C@@H]2CCN(CCCOc3ccc(-c4ccc(C#N)cc4)cc3)C2)cc1. The molecule has 0 spiro atoms. The summed E-state index contributed by atoms with van der Waals surface area (Å²) in [4.78, 5) is 2.59. The maximum absolute atomic E-state index is 12.6. The van der Waals surface area contributed by atoms with Crippen molar-refractivity contribution in [2.24, 2.45) is 0 Å². The molecule has 3 aromatic carbocycles. The van der Waals surface area contributed by atoms with Crippen molar-refractivity contribution in [2.75, 3.05) is 26.2 Å². The number of aryl methyl sites for hydroxylation is 1. The van der Waals surface area contributed by atoms with Crippen LogP contribution in [0.25, 0.3) is 11.1 Å². The van der Waals surface area contributed by atoms with Gasteiger partial charge in [-0.2, -0.15) is 5.26 Å². The van der Waals surface area contributed by atoms with Gasteiger partial charge in [-0.15, -0.1) is 0 Å². The lowest BCUT2D eigenvalue weighted by atomic mass is 10.0. The van der Waals surface area contributed by atoms with E-state index in [0.717, 1.165) is 48.4 Å². The van der Waals surface area contributed by atoms with Crippen molar-refractivity contribution in [1.82, 2.24) is 9.62 Å². The first kappa shape index (κ1) is 24.0. The molecule has 1 saturated heterocycles. The van der Waals surface area contributed by atoms with Gasteiger partial charge in [-0.05, 0) is 73.8 Å². The lowest BCUT2D eigenvalue weighted by molar-refractivity contribution is 0.261. The van der Waals surface area contributed by atoms with Crippen molar-refractivity contribution >= 4 is 10.0 Å². The Morgan fingerprint density at radius 1 is 1.00 bits per heavy atom. The Morgan fingerprint density at radius 2 is 1.65 bits per heavy atom. The Bertz CT molecular complexity index is 1230. The van der Waals surface area contributed by atoms with E-state index in [1.807, 2.05) is 67.6 Å². The van der Waals surface area contributed by atoms with Crippen LogP contribution in [0.15, 0.2) is 77.7 Å². The summed E-state index contributed by atoms with van der Waals surface area (Å²) in [6, 6.07) is 24.5. The third-order valence-corrected chi connectivity index (χ3v) is 7.55. The fraction of sp³-hybridized carbons (Fsp3) is 0.296. The first-order valence-electron chi connectivity index (χ1n) is 11.5. The third-order valence-electron chi connectivity index (χ3n) is 6.01. The summed E-state index contributed by atoms with van der Waals surface area (Å²) >= 11 is 0. The van der Waals surface area contributed by atoms with Gasteiger partial charge >= 0.3 is 0 Å². The molecular formula is C27H29N3O3S. The molecule has 1 heterocycles. The monoisotopic (exact) mass is 475 g/mol. The van der Waals surface area contributed by atoms with Crippen LogP contribution >= 0.6 is 0 Å². The minimum absolute atomic E-state index is 0.0676. The second kappa shape index (κ2) is 10.8. The summed E-state index contributed by atoms with van der Waals surface area (Å²) in [6.07, 6.45) is 1.68. The van der Waals surface area contributed by atoms with E-state index in [1.54, 1.807) is 12.1 Å². The predicted octanol–water partition coefficient (Wildman–Crippen LogP) is 4.36. The second-order valence-electron chi connectivity index (χ2n) is 8.64. The Morgan fingerprint density at radius 3 is 2.29 bits per heavy atom. The second-order valence-corrected chi connectivity index (χ2v) is 10.4. The maximum Gasteiger partial charge on any atom is 0.240 e. The fourth-order valence-corrected chi connectivity index (χ4v) is 5.36. The molecule has 0 aromatic heterocycles. The molecule has 34 heavy (non-hydrogen) atoms. The van der Waals surface area contributed by atoms with Crippen molar-refractivity contribution in [1.29, 1.82) is 5.26 Å². The van der Waals surface area contributed by atoms with Crippen LogP contribution in [0, 0.1) is 18.3 Å². The highest BCUT2D eigenvalue weighted by Crippen LogP contribution is 2.23. The summed E-state index contributed by atoms with van der Waals surface area (Å²) in [5.41, 5.74) is 3.83. The number of rotatable bonds is 9. The fourth-order valence-electron chi connectivity index (χ4n) is 4.10. The summed E-state index contributed by atoms with van der Waals surface area (Å²) in [7, 11) is -3.49. The van der Waals surface area contributed by atoms with Crippen molar-refractivity contribution in [3.63, 3.8) is 0 Å². The maximum atomic E-state index is 12.6. The van der Waals surface area contributed by atoms with Gasteiger partial charge in [-0.3, -0.25) is 0 Å². The molecule has 0 bridgehead atoms. The van der Waals surface area contributed by atoms with Crippen molar-refractivity contribution in [3.8, 4) is 22.9 Å². The van der Waals surface area contributed by atoms with Gasteiger partial charge in [-0.25, -0.2) is 13.1 Å². The molecule has 0 aliphatic carbocycles. The van der Waals surface area contributed by atoms with Crippen LogP contribution in [0.4, 0.5) is 0 Å². The molecule has 0 amide bonds. The van der Waals surface area contributed by atoms with Gasteiger partial charge in [0.15, 0.2) is 0 Å². The molecule has 1 atom stereocenters. The largest absolute Gasteiger partial charge is 0.494 e. The van der Waals surface area contributed by atoms with Crippen LogP contribution < -0.4 is 9.46 Å². The number of sulfonamides is 1. The van der Waals surface area contributed by atoms with Gasteiger partial charge in [0.05, 0.1) is 23.1 Å². The zero-order valence-electron chi connectivity index (χ0n) is 19.3. The quantitative estimate of drug-likeness (QED) is 0.465. The van der Waals surface area contributed by atoms with E-state index < -0.39 is 10.0 Å². The number of hydrogen-bond acceptors (Lipinski definition) is 5. The molecule has 1 fully saturated rings. The Labute approximate surface area is 201 Å². The molecule has 0 saturated carbocycles. The van der Waals surface area contributed by atoms with Gasteiger partial charge in [0.1, 0.15) is 5.75 Å². The molecule has 1 N–H and O–H groups in total. The summed E-state index contributed by atoms with van der Waals surface area (Å²) in [5.74, 6) is 0.822. The smallest absolute Gasteiger partial charge is 0.240 e.